The van der Waals surface area contributed by atoms with E-state index in [-0.39, 0.29) is 6.10 Å². The fourth-order valence-corrected chi connectivity index (χ4v) is 3.48. The molecule has 0 aliphatic heterocycles. The molecule has 30 heavy (non-hydrogen) atoms. The molecular weight excluding hydrogens is 370 g/mol. The fraction of sp³-hybridized carbons (Fsp3) is 0.385. The highest BCUT2D eigenvalue weighted by molar-refractivity contribution is 5.79. The van der Waals surface area contributed by atoms with E-state index in [0.717, 1.165) is 41.8 Å². The van der Waals surface area contributed by atoms with E-state index in [1.54, 1.807) is 0 Å². The summed E-state index contributed by atoms with van der Waals surface area (Å²) in [4.78, 5) is 2.37. The second-order valence-corrected chi connectivity index (χ2v) is 8.43. The lowest BCUT2D eigenvalue weighted by molar-refractivity contribution is 0.167. The van der Waals surface area contributed by atoms with Gasteiger partial charge in [-0.05, 0) is 49.3 Å². The summed E-state index contributed by atoms with van der Waals surface area (Å²) >= 11 is 0. The van der Waals surface area contributed by atoms with Gasteiger partial charge in [-0.25, -0.2) is 0 Å². The Morgan fingerprint density at radius 2 is 1.67 bits per heavy atom. The Morgan fingerprint density at radius 1 is 1.03 bits per heavy atom. The molecule has 162 valence electrons. The Bertz CT molecular complexity index is 840. The molecule has 4 heteroatoms. The molecule has 0 aromatic heterocycles. The van der Waals surface area contributed by atoms with Crippen LogP contribution in [0.1, 0.15) is 51.7 Å². The van der Waals surface area contributed by atoms with Gasteiger partial charge >= 0.3 is 0 Å². The van der Waals surface area contributed by atoms with Crippen molar-refractivity contribution in [2.24, 2.45) is 11.8 Å². The van der Waals surface area contributed by atoms with Gasteiger partial charge in [0.15, 0.2) is 0 Å². The van der Waals surface area contributed by atoms with Crippen molar-refractivity contribution in [1.82, 2.24) is 10.3 Å². The highest BCUT2D eigenvalue weighted by atomic mass is 16.3. The molecule has 2 rings (SSSR count). The van der Waals surface area contributed by atoms with Crippen LogP contribution in [0.15, 0.2) is 67.4 Å². The van der Waals surface area contributed by atoms with Crippen LogP contribution in [0.25, 0.3) is 16.8 Å². The summed E-state index contributed by atoms with van der Waals surface area (Å²) in [7, 11) is 0. The topological polar surface area (TPSA) is 61.5 Å². The third kappa shape index (κ3) is 6.22. The van der Waals surface area contributed by atoms with Crippen molar-refractivity contribution in [3.8, 4) is 11.1 Å². The predicted molar refractivity (Wildman–Crippen MR) is 128 cm³/mol. The molecule has 0 aliphatic rings. The number of nitrogens with two attached hydrogens (primary N) is 1. The minimum atomic E-state index is -0.310. The van der Waals surface area contributed by atoms with Crippen molar-refractivity contribution in [3.63, 3.8) is 0 Å². The monoisotopic (exact) mass is 407 g/mol. The largest absolute Gasteiger partial charge is 0.393 e. The van der Waals surface area contributed by atoms with Gasteiger partial charge < -0.3 is 15.4 Å². The third-order valence-electron chi connectivity index (χ3n) is 5.76. The van der Waals surface area contributed by atoms with Crippen LogP contribution in [0.5, 0.6) is 0 Å². The zero-order valence-electron chi connectivity index (χ0n) is 18.9. The molecule has 0 bridgehead atoms. The molecule has 0 fully saturated rings. The average Bonchev–Trinajstić information content (AvgIpc) is 2.75. The maximum atomic E-state index is 9.66. The first-order valence-corrected chi connectivity index (χ1v) is 10.7. The maximum Gasteiger partial charge on any atom is 0.0515 e. The van der Waals surface area contributed by atoms with E-state index in [0.29, 0.717) is 17.7 Å². The summed E-state index contributed by atoms with van der Waals surface area (Å²) in [6.45, 7) is 17.7. The lowest BCUT2D eigenvalue weighted by Crippen LogP contribution is -2.35. The quantitative estimate of drug-likeness (QED) is 0.349. The molecule has 0 saturated heterocycles. The lowest BCUT2D eigenvalue weighted by Gasteiger charge is -2.36. The number of aliphatic hydroxyl groups excluding tert-OH is 1. The molecule has 2 aromatic carbocycles. The number of allylic oxidation sites excluding steroid dienone is 1. The summed E-state index contributed by atoms with van der Waals surface area (Å²) in [6.07, 6.45) is 1.22. The van der Waals surface area contributed by atoms with Gasteiger partial charge in [-0.2, -0.15) is 0 Å². The highest BCUT2D eigenvalue weighted by Crippen LogP contribution is 2.28. The minimum absolute atomic E-state index is 0.310. The Labute approximate surface area is 182 Å². The molecule has 2 atom stereocenters. The van der Waals surface area contributed by atoms with Gasteiger partial charge in [-0.3, -0.25) is 5.84 Å². The maximum absolute atomic E-state index is 9.66. The summed E-state index contributed by atoms with van der Waals surface area (Å²) in [6, 6.07) is 17.1. The van der Waals surface area contributed by atoms with Gasteiger partial charge in [0.2, 0.25) is 0 Å². The number of hydrogen-bond acceptors (Lipinski definition) is 4. The van der Waals surface area contributed by atoms with Crippen LogP contribution in [0.4, 0.5) is 0 Å². The highest BCUT2D eigenvalue weighted by Gasteiger charge is 2.19. The van der Waals surface area contributed by atoms with Crippen molar-refractivity contribution in [2.75, 3.05) is 0 Å². The third-order valence-corrected chi connectivity index (χ3v) is 5.76. The summed E-state index contributed by atoms with van der Waals surface area (Å²) in [5, 5.41) is 9.66. The molecule has 0 amide bonds. The number of nitrogens with one attached hydrogen (secondary N) is 1. The number of hydrazine groups is 1. The number of rotatable bonds is 11. The number of nitrogens with zero attached hydrogens (tertiary/aromatic N) is 1. The van der Waals surface area contributed by atoms with Gasteiger partial charge in [-0.15, -0.1) is 0 Å². The van der Waals surface area contributed by atoms with Crippen molar-refractivity contribution < 1.29 is 5.11 Å². The molecule has 2 aromatic rings. The smallest absolute Gasteiger partial charge is 0.0515 e. The van der Waals surface area contributed by atoms with Gasteiger partial charge in [0.25, 0.3) is 0 Å². The van der Waals surface area contributed by atoms with E-state index >= 15 is 0 Å². The second kappa shape index (κ2) is 11.0. The first-order valence-electron chi connectivity index (χ1n) is 10.7. The molecule has 0 saturated carbocycles. The zero-order valence-corrected chi connectivity index (χ0v) is 18.9. The van der Waals surface area contributed by atoms with Crippen molar-refractivity contribution >= 4 is 5.70 Å². The molecule has 0 radical (unpaired) electrons. The molecule has 0 heterocycles. The standard InChI is InChI=1S/C26H37N3O/c1-18(2)22(6)29(19(3)11-12-20(4)30)17-23-13-15-24(16-14-23)26-10-8-7-9-25(26)21(5)28-27/h7-10,13-16,18,20,22,28,30H,3,5,11-12,17,27H2,1-2,4,6H3. The SMILES string of the molecule is C=C(NN)c1ccccc1-c1ccc(CN(C(=C)CCC(C)O)C(C)C(C)C)cc1. The Morgan fingerprint density at radius 3 is 2.23 bits per heavy atom. The van der Waals surface area contributed by atoms with E-state index in [1.807, 2.05) is 25.1 Å². The van der Waals surface area contributed by atoms with Crippen LogP contribution in [0.2, 0.25) is 0 Å². The Kier molecular flexibility index (Phi) is 8.70. The lowest BCUT2D eigenvalue weighted by atomic mass is 9.96. The van der Waals surface area contributed by atoms with Crippen LogP contribution in [0, 0.1) is 5.92 Å². The van der Waals surface area contributed by atoms with Gasteiger partial charge in [0.1, 0.15) is 0 Å². The molecule has 2 unspecified atom stereocenters. The summed E-state index contributed by atoms with van der Waals surface area (Å²) < 4.78 is 0. The molecule has 0 spiro atoms. The zero-order chi connectivity index (χ0) is 22.3. The summed E-state index contributed by atoms with van der Waals surface area (Å²) in [5.74, 6) is 6.08. The van der Waals surface area contributed by atoms with Crippen LogP contribution >= 0.6 is 0 Å². The molecule has 0 aliphatic carbocycles. The van der Waals surface area contributed by atoms with E-state index < -0.39 is 0 Å². The first-order chi connectivity index (χ1) is 14.2. The van der Waals surface area contributed by atoms with E-state index in [9.17, 15) is 5.11 Å². The number of benzene rings is 2. The molecule has 4 nitrogen and oxygen atoms in total. The van der Waals surface area contributed by atoms with Gasteiger partial charge in [0.05, 0.1) is 6.10 Å². The van der Waals surface area contributed by atoms with Crippen LogP contribution in [0.3, 0.4) is 0 Å². The number of aliphatic hydroxyl groups is 1. The van der Waals surface area contributed by atoms with Crippen LogP contribution in [-0.2, 0) is 6.54 Å². The van der Waals surface area contributed by atoms with Gasteiger partial charge in [-0.1, -0.05) is 75.5 Å². The van der Waals surface area contributed by atoms with E-state index in [1.165, 1.54) is 5.56 Å². The molecular formula is C26H37N3O. The Hall–Kier alpha value is -2.56. The second-order valence-electron chi connectivity index (χ2n) is 8.43. The first kappa shape index (κ1) is 23.7. The van der Waals surface area contributed by atoms with Crippen molar-refractivity contribution in [2.45, 2.75) is 59.2 Å². The van der Waals surface area contributed by atoms with Crippen molar-refractivity contribution in [3.05, 3.63) is 78.5 Å². The number of hydrogen-bond donors (Lipinski definition) is 3. The normalized spacial score (nSPS) is 13.0. The Balaban J connectivity index is 2.23. The van der Waals surface area contributed by atoms with Crippen LogP contribution < -0.4 is 11.3 Å². The minimum Gasteiger partial charge on any atom is -0.393 e. The molecule has 4 N–H and O–H groups in total. The van der Waals surface area contributed by atoms with Gasteiger partial charge in [0, 0.05) is 29.5 Å². The van der Waals surface area contributed by atoms with E-state index in [2.05, 4.69) is 74.6 Å². The summed E-state index contributed by atoms with van der Waals surface area (Å²) in [5.41, 5.74) is 8.88. The van der Waals surface area contributed by atoms with Crippen molar-refractivity contribution in [1.29, 1.82) is 0 Å². The average molecular weight is 408 g/mol. The van der Waals surface area contributed by atoms with E-state index in [4.69, 9.17) is 5.84 Å². The van der Waals surface area contributed by atoms with Crippen LogP contribution in [-0.4, -0.2) is 22.2 Å². The fourth-order valence-electron chi connectivity index (χ4n) is 3.48. The predicted octanol–water partition coefficient (Wildman–Crippen LogP) is 5.31.